The van der Waals surface area contributed by atoms with Gasteiger partial charge in [0.2, 0.25) is 0 Å². The number of fused-ring (bicyclic) bond motifs is 1. The summed E-state index contributed by atoms with van der Waals surface area (Å²) in [5.41, 5.74) is 3.77. The van der Waals surface area contributed by atoms with Gasteiger partial charge in [0.05, 0.1) is 0 Å². The van der Waals surface area contributed by atoms with Gasteiger partial charge in [0, 0.05) is 18.0 Å². The van der Waals surface area contributed by atoms with Gasteiger partial charge >= 0.3 is 0 Å². The van der Waals surface area contributed by atoms with Crippen LogP contribution in [0.5, 0.6) is 0 Å². The second-order valence-electron chi connectivity index (χ2n) is 6.11. The van der Waals surface area contributed by atoms with E-state index < -0.39 is 0 Å². The number of rotatable bonds is 4. The molecule has 2 nitrogen and oxygen atoms in total. The third-order valence-electron chi connectivity index (χ3n) is 4.56. The highest BCUT2D eigenvalue weighted by Gasteiger charge is 2.22. The van der Waals surface area contributed by atoms with Crippen LogP contribution in [0.15, 0.2) is 18.2 Å². The van der Waals surface area contributed by atoms with Gasteiger partial charge < -0.3 is 4.90 Å². The van der Waals surface area contributed by atoms with Gasteiger partial charge in [-0.1, -0.05) is 19.1 Å². The van der Waals surface area contributed by atoms with E-state index in [0.717, 1.165) is 18.5 Å². The lowest BCUT2D eigenvalue weighted by molar-refractivity contribution is 0.0903. The first-order valence-corrected chi connectivity index (χ1v) is 7.62. The quantitative estimate of drug-likeness (QED) is 0.773. The summed E-state index contributed by atoms with van der Waals surface area (Å²) >= 11 is 0. The number of nitrogens with zero attached hydrogens (tertiary/aromatic N) is 1. The van der Waals surface area contributed by atoms with Crippen LogP contribution in [0.25, 0.3) is 0 Å². The Morgan fingerprint density at radius 3 is 2.68 bits per heavy atom. The van der Waals surface area contributed by atoms with Crippen molar-refractivity contribution in [2.75, 3.05) is 19.6 Å². The second-order valence-corrected chi connectivity index (χ2v) is 6.11. The molecule has 1 aromatic carbocycles. The molecule has 0 bridgehead atoms. The Labute approximate surface area is 115 Å². The molecular formula is C17H23NO. The summed E-state index contributed by atoms with van der Waals surface area (Å²) in [4.78, 5) is 14.9. The number of carbonyl (C=O) groups is 1. The maximum absolute atomic E-state index is 12.5. The van der Waals surface area contributed by atoms with E-state index in [-0.39, 0.29) is 5.92 Å². The molecule has 0 spiro atoms. The van der Waals surface area contributed by atoms with Crippen molar-refractivity contribution < 1.29 is 4.79 Å². The van der Waals surface area contributed by atoms with Crippen LogP contribution in [0.3, 0.4) is 0 Å². The summed E-state index contributed by atoms with van der Waals surface area (Å²) in [5, 5.41) is 0. The molecule has 1 heterocycles. The van der Waals surface area contributed by atoms with Crippen molar-refractivity contribution in [2.24, 2.45) is 5.92 Å². The monoisotopic (exact) mass is 257 g/mol. The molecule has 0 amide bonds. The van der Waals surface area contributed by atoms with Crippen LogP contribution in [0.4, 0.5) is 0 Å². The van der Waals surface area contributed by atoms with E-state index in [1.54, 1.807) is 0 Å². The molecule has 2 heteroatoms. The maximum Gasteiger partial charge on any atom is 0.166 e. The molecule has 0 radical (unpaired) electrons. The van der Waals surface area contributed by atoms with Gasteiger partial charge in [0.1, 0.15) is 0 Å². The van der Waals surface area contributed by atoms with Crippen molar-refractivity contribution in [3.8, 4) is 0 Å². The number of carbonyl (C=O) groups excluding carboxylic acids is 1. The number of ketones is 1. The highest BCUT2D eigenvalue weighted by molar-refractivity contribution is 5.98. The smallest absolute Gasteiger partial charge is 0.166 e. The average molecular weight is 257 g/mol. The molecule has 19 heavy (non-hydrogen) atoms. The van der Waals surface area contributed by atoms with Gasteiger partial charge in [-0.2, -0.15) is 0 Å². The van der Waals surface area contributed by atoms with Crippen LogP contribution in [0.2, 0.25) is 0 Å². The van der Waals surface area contributed by atoms with Gasteiger partial charge in [-0.05, 0) is 62.4 Å². The Morgan fingerprint density at radius 2 is 1.89 bits per heavy atom. The number of likely N-dealkylation sites (tertiary alicyclic amines) is 1. The molecule has 102 valence electrons. The Bertz CT molecular complexity index is 474. The summed E-state index contributed by atoms with van der Waals surface area (Å²) in [5.74, 6) is 0.444. The third kappa shape index (κ3) is 2.74. The molecule has 0 aromatic heterocycles. The van der Waals surface area contributed by atoms with Gasteiger partial charge in [-0.15, -0.1) is 0 Å². The predicted molar refractivity (Wildman–Crippen MR) is 77.6 cm³/mol. The lowest BCUT2D eigenvalue weighted by Crippen LogP contribution is -2.29. The van der Waals surface area contributed by atoms with Crippen molar-refractivity contribution in [3.05, 3.63) is 34.9 Å². The molecule has 3 rings (SSSR count). The number of hydrogen-bond acceptors (Lipinski definition) is 2. The summed E-state index contributed by atoms with van der Waals surface area (Å²) in [6, 6.07) is 6.34. The Kier molecular flexibility index (Phi) is 3.69. The molecule has 1 unspecified atom stereocenters. The van der Waals surface area contributed by atoms with E-state index in [4.69, 9.17) is 0 Å². The molecule has 0 N–H and O–H groups in total. The largest absolute Gasteiger partial charge is 0.303 e. The van der Waals surface area contributed by atoms with Crippen molar-refractivity contribution in [2.45, 2.75) is 39.0 Å². The van der Waals surface area contributed by atoms with Crippen LogP contribution in [-0.4, -0.2) is 30.3 Å². The average Bonchev–Trinajstić information content (AvgIpc) is 3.07. The standard InChI is InChI=1S/C17H23NO/c1-13(12-18-9-2-3-10-18)17(19)16-8-7-14-5-4-6-15(14)11-16/h7-8,11,13H,2-6,9-10,12H2,1H3. The summed E-state index contributed by atoms with van der Waals surface area (Å²) < 4.78 is 0. The zero-order valence-electron chi connectivity index (χ0n) is 11.8. The molecule has 1 saturated heterocycles. The van der Waals surface area contributed by atoms with E-state index in [1.807, 2.05) is 6.07 Å². The number of aryl methyl sites for hydroxylation is 2. The lowest BCUT2D eigenvalue weighted by atomic mass is 9.96. The maximum atomic E-state index is 12.5. The minimum atomic E-state index is 0.123. The van der Waals surface area contributed by atoms with E-state index in [9.17, 15) is 4.79 Å². The summed E-state index contributed by atoms with van der Waals surface area (Å²) in [7, 11) is 0. The van der Waals surface area contributed by atoms with Gasteiger partial charge in [-0.25, -0.2) is 0 Å². The minimum absolute atomic E-state index is 0.123. The Morgan fingerprint density at radius 1 is 1.16 bits per heavy atom. The first-order valence-electron chi connectivity index (χ1n) is 7.62. The van der Waals surface area contributed by atoms with E-state index in [2.05, 4.69) is 24.0 Å². The fourth-order valence-corrected chi connectivity index (χ4v) is 3.45. The highest BCUT2D eigenvalue weighted by Crippen LogP contribution is 2.24. The first kappa shape index (κ1) is 12.9. The second kappa shape index (κ2) is 5.46. The highest BCUT2D eigenvalue weighted by atomic mass is 16.1. The fraction of sp³-hybridized carbons (Fsp3) is 0.588. The Balaban J connectivity index is 1.68. The van der Waals surface area contributed by atoms with Crippen LogP contribution in [-0.2, 0) is 12.8 Å². The molecule has 0 saturated carbocycles. The number of hydrogen-bond donors (Lipinski definition) is 0. The van der Waals surface area contributed by atoms with Crippen molar-refractivity contribution >= 4 is 5.78 Å². The molecule has 1 atom stereocenters. The molecule has 2 aliphatic rings. The topological polar surface area (TPSA) is 20.3 Å². The SMILES string of the molecule is CC(CN1CCCC1)C(=O)c1ccc2c(c1)CCC2. The normalized spacial score (nSPS) is 20.5. The number of Topliss-reactive ketones (excluding diaryl/α,β-unsaturated/α-hetero) is 1. The van der Waals surface area contributed by atoms with Crippen LogP contribution >= 0.6 is 0 Å². The van der Waals surface area contributed by atoms with Gasteiger partial charge in [-0.3, -0.25) is 4.79 Å². The van der Waals surface area contributed by atoms with Crippen LogP contribution in [0.1, 0.15) is 47.7 Å². The molecule has 1 fully saturated rings. The minimum Gasteiger partial charge on any atom is -0.303 e. The van der Waals surface area contributed by atoms with Crippen molar-refractivity contribution in [1.82, 2.24) is 4.90 Å². The van der Waals surface area contributed by atoms with E-state index >= 15 is 0 Å². The van der Waals surface area contributed by atoms with Crippen LogP contribution in [0, 0.1) is 5.92 Å². The summed E-state index contributed by atoms with van der Waals surface area (Å²) in [6.45, 7) is 5.34. The lowest BCUT2D eigenvalue weighted by Gasteiger charge is -2.19. The zero-order valence-corrected chi connectivity index (χ0v) is 11.8. The van der Waals surface area contributed by atoms with E-state index in [1.165, 1.54) is 49.9 Å². The van der Waals surface area contributed by atoms with Crippen molar-refractivity contribution in [1.29, 1.82) is 0 Å². The van der Waals surface area contributed by atoms with Crippen molar-refractivity contribution in [3.63, 3.8) is 0 Å². The Hall–Kier alpha value is -1.15. The summed E-state index contributed by atoms with van der Waals surface area (Å²) in [6.07, 6.45) is 6.17. The number of benzene rings is 1. The molecule has 1 aliphatic carbocycles. The predicted octanol–water partition coefficient (Wildman–Crippen LogP) is 3.09. The van der Waals surface area contributed by atoms with Gasteiger partial charge in [0.15, 0.2) is 5.78 Å². The molecular weight excluding hydrogens is 234 g/mol. The fourth-order valence-electron chi connectivity index (χ4n) is 3.45. The van der Waals surface area contributed by atoms with Crippen LogP contribution < -0.4 is 0 Å². The molecule has 1 aromatic rings. The third-order valence-corrected chi connectivity index (χ3v) is 4.56. The first-order chi connectivity index (χ1) is 9.24. The van der Waals surface area contributed by atoms with E-state index in [0.29, 0.717) is 5.78 Å². The zero-order chi connectivity index (χ0) is 13.2. The van der Waals surface area contributed by atoms with Gasteiger partial charge in [0.25, 0.3) is 0 Å². The molecule has 1 aliphatic heterocycles.